The van der Waals surface area contributed by atoms with Crippen LogP contribution in [0.4, 0.5) is 0 Å². The average Bonchev–Trinajstić information content (AvgIpc) is 2.18. The Hall–Kier alpha value is -0.320. The predicted molar refractivity (Wildman–Crippen MR) is 62.1 cm³/mol. The average molecular weight is 234 g/mol. The molecule has 4 nitrogen and oxygen atoms in total. The van der Waals surface area contributed by atoms with E-state index in [1.54, 1.807) is 0 Å². The van der Waals surface area contributed by atoms with Crippen LogP contribution in [0.5, 0.6) is 0 Å². The lowest BCUT2D eigenvalue weighted by atomic mass is 9.87. The van der Waals surface area contributed by atoms with Crippen LogP contribution >= 0.6 is 12.4 Å². The third-order valence-corrected chi connectivity index (χ3v) is 3.31. The molecule has 0 aromatic carbocycles. The summed E-state index contributed by atoms with van der Waals surface area (Å²) in [7, 11) is 0. The zero-order valence-electron chi connectivity index (χ0n) is 8.95. The summed E-state index contributed by atoms with van der Waals surface area (Å²) < 4.78 is 0. The molecule has 2 unspecified atom stereocenters. The minimum absolute atomic E-state index is 0. The Balaban J connectivity index is 0.00000112. The Morgan fingerprint density at radius 3 is 2.87 bits per heavy atom. The number of piperazine rings is 1. The summed E-state index contributed by atoms with van der Waals surface area (Å²) in [6.45, 7) is 2.05. The van der Waals surface area contributed by atoms with E-state index in [-0.39, 0.29) is 18.3 Å². The Bertz CT molecular complexity index is 225. The fraction of sp³-hybridized carbons (Fsp3) is 0.900. The maximum absolute atomic E-state index is 11.4. The first-order valence-electron chi connectivity index (χ1n) is 5.55. The van der Waals surface area contributed by atoms with Gasteiger partial charge in [0.25, 0.3) is 0 Å². The number of hydrogen-bond acceptors (Lipinski definition) is 3. The highest BCUT2D eigenvalue weighted by atomic mass is 35.5. The SMILES string of the molecule is Cl.NCCN1CC(=O)NC2CCCCC21. The molecule has 3 N–H and O–H groups in total. The molecule has 2 atom stereocenters. The molecule has 1 aliphatic carbocycles. The van der Waals surface area contributed by atoms with Gasteiger partial charge in [-0.05, 0) is 12.8 Å². The monoisotopic (exact) mass is 233 g/mol. The van der Waals surface area contributed by atoms with Crippen LogP contribution in [0.3, 0.4) is 0 Å². The van der Waals surface area contributed by atoms with Crippen molar-refractivity contribution in [3.8, 4) is 0 Å². The van der Waals surface area contributed by atoms with Crippen LogP contribution in [0.1, 0.15) is 25.7 Å². The molecule has 1 heterocycles. The van der Waals surface area contributed by atoms with Crippen LogP contribution in [-0.2, 0) is 4.79 Å². The van der Waals surface area contributed by atoms with Crippen molar-refractivity contribution in [2.75, 3.05) is 19.6 Å². The van der Waals surface area contributed by atoms with E-state index < -0.39 is 0 Å². The van der Waals surface area contributed by atoms with E-state index in [9.17, 15) is 4.79 Å². The number of carbonyl (C=O) groups excluding carboxylic acids is 1. The van der Waals surface area contributed by atoms with Gasteiger partial charge in [-0.2, -0.15) is 0 Å². The summed E-state index contributed by atoms with van der Waals surface area (Å²) in [5.41, 5.74) is 5.55. The lowest BCUT2D eigenvalue weighted by Crippen LogP contribution is -2.62. The van der Waals surface area contributed by atoms with Crippen LogP contribution in [0, 0.1) is 0 Å². The summed E-state index contributed by atoms with van der Waals surface area (Å²) in [5, 5.41) is 3.09. The van der Waals surface area contributed by atoms with E-state index in [1.165, 1.54) is 19.3 Å². The van der Waals surface area contributed by atoms with Crippen molar-refractivity contribution < 1.29 is 4.79 Å². The number of fused-ring (bicyclic) bond motifs is 1. The number of hydrogen-bond donors (Lipinski definition) is 2. The van der Waals surface area contributed by atoms with Gasteiger partial charge in [0.05, 0.1) is 6.54 Å². The maximum Gasteiger partial charge on any atom is 0.234 e. The van der Waals surface area contributed by atoms with Crippen molar-refractivity contribution in [1.82, 2.24) is 10.2 Å². The molecule has 5 heteroatoms. The molecule has 0 radical (unpaired) electrons. The minimum atomic E-state index is 0. The molecule has 2 aliphatic rings. The molecule has 1 saturated carbocycles. The Kier molecular flexibility index (Phi) is 4.83. The molecule has 0 bridgehead atoms. The van der Waals surface area contributed by atoms with E-state index >= 15 is 0 Å². The molecule has 88 valence electrons. The zero-order valence-corrected chi connectivity index (χ0v) is 9.76. The fourth-order valence-electron chi connectivity index (χ4n) is 2.68. The van der Waals surface area contributed by atoms with Gasteiger partial charge in [-0.15, -0.1) is 12.4 Å². The molecule has 0 aromatic rings. The largest absolute Gasteiger partial charge is 0.351 e. The fourth-order valence-corrected chi connectivity index (χ4v) is 2.68. The highest BCUT2D eigenvalue weighted by Gasteiger charge is 2.35. The van der Waals surface area contributed by atoms with Crippen molar-refractivity contribution in [3.05, 3.63) is 0 Å². The topological polar surface area (TPSA) is 58.4 Å². The number of amides is 1. The highest BCUT2D eigenvalue weighted by molar-refractivity contribution is 5.85. The van der Waals surface area contributed by atoms with E-state index in [0.717, 1.165) is 13.0 Å². The Morgan fingerprint density at radius 2 is 2.13 bits per heavy atom. The van der Waals surface area contributed by atoms with Crippen LogP contribution in [0.25, 0.3) is 0 Å². The number of rotatable bonds is 2. The van der Waals surface area contributed by atoms with Gasteiger partial charge in [-0.1, -0.05) is 12.8 Å². The second-order valence-electron chi connectivity index (χ2n) is 4.28. The van der Waals surface area contributed by atoms with Crippen molar-refractivity contribution in [1.29, 1.82) is 0 Å². The van der Waals surface area contributed by atoms with E-state index in [1.807, 2.05) is 0 Å². The molecular formula is C10H20ClN3O. The number of nitrogens with two attached hydrogens (primary N) is 1. The molecule has 2 rings (SSSR count). The van der Waals surface area contributed by atoms with Gasteiger partial charge in [0, 0.05) is 25.2 Å². The van der Waals surface area contributed by atoms with Gasteiger partial charge in [-0.25, -0.2) is 0 Å². The highest BCUT2D eigenvalue weighted by Crippen LogP contribution is 2.25. The molecule has 0 spiro atoms. The van der Waals surface area contributed by atoms with Crippen molar-refractivity contribution in [3.63, 3.8) is 0 Å². The van der Waals surface area contributed by atoms with Gasteiger partial charge in [-0.3, -0.25) is 9.69 Å². The standard InChI is InChI=1S/C10H19N3O.ClH/c11-5-6-13-7-10(14)12-8-3-1-2-4-9(8)13;/h8-9H,1-7,11H2,(H,12,14);1H. The van der Waals surface area contributed by atoms with Crippen LogP contribution < -0.4 is 11.1 Å². The number of carbonyl (C=O) groups is 1. The number of nitrogens with one attached hydrogen (secondary N) is 1. The summed E-state index contributed by atoms with van der Waals surface area (Å²) >= 11 is 0. The maximum atomic E-state index is 11.4. The van der Waals surface area contributed by atoms with Gasteiger partial charge in [0.1, 0.15) is 0 Å². The summed E-state index contributed by atoms with van der Waals surface area (Å²) in [6.07, 6.45) is 4.89. The quantitative estimate of drug-likeness (QED) is 0.712. The molecule has 0 aromatic heterocycles. The molecule has 2 fully saturated rings. The van der Waals surface area contributed by atoms with E-state index in [0.29, 0.717) is 25.2 Å². The predicted octanol–water partition coefficient (Wildman–Crippen LogP) is 0.110. The van der Waals surface area contributed by atoms with Crippen molar-refractivity contribution in [2.45, 2.75) is 37.8 Å². The lowest BCUT2D eigenvalue weighted by Gasteiger charge is -2.43. The third-order valence-electron chi connectivity index (χ3n) is 3.31. The molecular weight excluding hydrogens is 214 g/mol. The third kappa shape index (κ3) is 2.83. The number of halogens is 1. The number of nitrogens with zero attached hydrogens (tertiary/aromatic N) is 1. The molecule has 1 aliphatic heterocycles. The lowest BCUT2D eigenvalue weighted by molar-refractivity contribution is -0.128. The zero-order chi connectivity index (χ0) is 9.97. The van der Waals surface area contributed by atoms with E-state index in [2.05, 4.69) is 10.2 Å². The van der Waals surface area contributed by atoms with Gasteiger partial charge >= 0.3 is 0 Å². The Labute approximate surface area is 97.0 Å². The molecule has 15 heavy (non-hydrogen) atoms. The first-order valence-corrected chi connectivity index (χ1v) is 5.55. The summed E-state index contributed by atoms with van der Waals surface area (Å²) in [6, 6.07) is 0.932. The van der Waals surface area contributed by atoms with E-state index in [4.69, 9.17) is 5.73 Å². The van der Waals surface area contributed by atoms with Gasteiger partial charge in [0.15, 0.2) is 0 Å². The second-order valence-corrected chi connectivity index (χ2v) is 4.28. The first-order chi connectivity index (χ1) is 6.81. The first kappa shape index (κ1) is 12.7. The second kappa shape index (κ2) is 5.68. The molecule has 1 saturated heterocycles. The van der Waals surface area contributed by atoms with Crippen molar-refractivity contribution in [2.24, 2.45) is 5.73 Å². The smallest absolute Gasteiger partial charge is 0.234 e. The summed E-state index contributed by atoms with van der Waals surface area (Å²) in [5.74, 6) is 0.168. The van der Waals surface area contributed by atoms with Crippen LogP contribution in [0.15, 0.2) is 0 Å². The van der Waals surface area contributed by atoms with Gasteiger partial charge in [0.2, 0.25) is 5.91 Å². The minimum Gasteiger partial charge on any atom is -0.351 e. The molecule has 1 amide bonds. The van der Waals surface area contributed by atoms with Crippen LogP contribution in [0.2, 0.25) is 0 Å². The van der Waals surface area contributed by atoms with Crippen LogP contribution in [-0.4, -0.2) is 42.5 Å². The Morgan fingerprint density at radius 1 is 1.40 bits per heavy atom. The summed E-state index contributed by atoms with van der Waals surface area (Å²) in [4.78, 5) is 13.7. The normalized spacial score (nSPS) is 31.4. The van der Waals surface area contributed by atoms with Crippen molar-refractivity contribution >= 4 is 18.3 Å². The van der Waals surface area contributed by atoms with Gasteiger partial charge < -0.3 is 11.1 Å².